The van der Waals surface area contributed by atoms with E-state index in [1.54, 1.807) is 37.3 Å². The predicted octanol–water partition coefficient (Wildman–Crippen LogP) is 3.94. The van der Waals surface area contributed by atoms with Crippen molar-refractivity contribution < 1.29 is 28.9 Å². The van der Waals surface area contributed by atoms with Crippen LogP contribution in [0.5, 0.6) is 0 Å². The number of carbonyl (C=O) groups excluding carboxylic acids is 2. The maximum atomic E-state index is 13.3. The molecule has 12 heteroatoms. The summed E-state index contributed by atoms with van der Waals surface area (Å²) in [6.07, 6.45) is -0.0886. The van der Waals surface area contributed by atoms with Crippen molar-refractivity contribution in [2.24, 2.45) is 0 Å². The number of hydrogen-bond donors (Lipinski definition) is 1. The van der Waals surface area contributed by atoms with Crippen LogP contribution in [0.2, 0.25) is 0 Å². The Morgan fingerprint density at radius 2 is 1.59 bits per heavy atom. The number of non-ortho nitro benzene ring substituents is 1. The Morgan fingerprint density at radius 3 is 2.16 bits per heavy atom. The van der Waals surface area contributed by atoms with E-state index in [1.165, 1.54) is 6.92 Å². The summed E-state index contributed by atoms with van der Waals surface area (Å²) < 4.78 is 10.7. The van der Waals surface area contributed by atoms with Crippen LogP contribution in [0.25, 0.3) is 0 Å². The number of benzene rings is 2. The molecule has 1 heterocycles. The molecule has 12 nitrogen and oxygen atoms in total. The van der Waals surface area contributed by atoms with E-state index in [1.807, 2.05) is 6.07 Å². The molecule has 190 valence electrons. The monoisotopic (exact) mass is 506 g/mol. The highest BCUT2D eigenvalue weighted by atomic mass is 16.6. The molecule has 0 radical (unpaired) electrons. The first-order valence-electron chi connectivity index (χ1n) is 11.0. The molecule has 37 heavy (non-hydrogen) atoms. The second-order valence-electron chi connectivity index (χ2n) is 8.00. The van der Waals surface area contributed by atoms with Gasteiger partial charge in [0.15, 0.2) is 0 Å². The number of rotatable bonds is 9. The molecule has 0 spiro atoms. The van der Waals surface area contributed by atoms with Gasteiger partial charge in [0.05, 0.1) is 45.5 Å². The van der Waals surface area contributed by atoms with E-state index >= 15 is 0 Å². The van der Waals surface area contributed by atoms with Crippen LogP contribution in [0.3, 0.4) is 0 Å². The molecule has 1 aliphatic heterocycles. The van der Waals surface area contributed by atoms with Crippen molar-refractivity contribution in [1.29, 1.82) is 5.26 Å². The minimum absolute atomic E-state index is 0.0886. The van der Waals surface area contributed by atoms with E-state index in [9.17, 15) is 29.8 Å². The quantitative estimate of drug-likeness (QED) is 0.227. The minimum atomic E-state index is -1.33. The van der Waals surface area contributed by atoms with E-state index in [-0.39, 0.29) is 47.7 Å². The van der Waals surface area contributed by atoms with Crippen molar-refractivity contribution in [3.05, 3.63) is 102 Å². The number of nitrogens with zero attached hydrogens (tertiary/aromatic N) is 3. The molecule has 1 N–H and O–H groups in total. The van der Waals surface area contributed by atoms with Gasteiger partial charge in [-0.3, -0.25) is 20.2 Å². The van der Waals surface area contributed by atoms with Crippen molar-refractivity contribution in [3.8, 4) is 6.07 Å². The fourth-order valence-corrected chi connectivity index (χ4v) is 3.96. The summed E-state index contributed by atoms with van der Waals surface area (Å²) in [4.78, 5) is 48.0. The zero-order valence-corrected chi connectivity index (χ0v) is 19.9. The first kappa shape index (κ1) is 26.6. The minimum Gasteiger partial charge on any atom is -0.461 e. The Morgan fingerprint density at radius 1 is 0.973 bits per heavy atom. The molecule has 0 saturated carbocycles. The van der Waals surface area contributed by atoms with Gasteiger partial charge >= 0.3 is 11.9 Å². The Bertz CT molecular complexity index is 1360. The third-order valence-corrected chi connectivity index (χ3v) is 5.59. The van der Waals surface area contributed by atoms with Crippen LogP contribution in [0, 0.1) is 31.6 Å². The molecule has 0 fully saturated rings. The molecule has 1 unspecified atom stereocenters. The Labute approximate surface area is 211 Å². The molecule has 2 aromatic carbocycles. The van der Waals surface area contributed by atoms with Gasteiger partial charge in [0.25, 0.3) is 11.4 Å². The Hall–Kier alpha value is -5.05. The second kappa shape index (κ2) is 11.6. The SMILES string of the molecule is CC1=C(C(=O)OCCC#N)C(c2ccc([N+](=O)[O-])cc2[N+](=O)[O-])C(C(=O)OCc2ccccc2)=C(C)N1. The standard InChI is InChI=1S/C25H22N4O8/c1-15-21(24(30)36-12-6-11-26)23(19-10-9-18(28(32)33)13-20(19)29(34)35)22(16(2)27-15)25(31)37-14-17-7-4-3-5-8-17/h3-5,7-10,13,23,27H,6,12,14H2,1-2H3. The van der Waals surface area contributed by atoms with Gasteiger partial charge < -0.3 is 14.8 Å². The van der Waals surface area contributed by atoms with Crippen molar-refractivity contribution >= 4 is 23.3 Å². The summed E-state index contributed by atoms with van der Waals surface area (Å²) in [5.41, 5.74) is -0.292. The first-order chi connectivity index (χ1) is 17.6. The van der Waals surface area contributed by atoms with Crippen LogP contribution in [0.15, 0.2) is 71.1 Å². The summed E-state index contributed by atoms with van der Waals surface area (Å²) in [5, 5.41) is 34.9. The number of ether oxygens (including phenoxy) is 2. The van der Waals surface area contributed by atoms with Crippen LogP contribution in [0.4, 0.5) is 11.4 Å². The van der Waals surface area contributed by atoms with Crippen LogP contribution < -0.4 is 5.32 Å². The number of nitrogens with one attached hydrogen (secondary N) is 1. The molecular formula is C25H22N4O8. The van der Waals surface area contributed by atoms with Gasteiger partial charge in [-0.15, -0.1) is 0 Å². The molecule has 0 saturated heterocycles. The molecule has 3 rings (SSSR count). The maximum absolute atomic E-state index is 13.3. The summed E-state index contributed by atoms with van der Waals surface area (Å²) in [6, 6.07) is 13.6. The van der Waals surface area contributed by atoms with Crippen molar-refractivity contribution in [2.45, 2.75) is 32.8 Å². The number of allylic oxidation sites excluding steroid dienone is 2. The lowest BCUT2D eigenvalue weighted by Crippen LogP contribution is -2.33. The summed E-state index contributed by atoms with van der Waals surface area (Å²) in [7, 11) is 0. The van der Waals surface area contributed by atoms with Gasteiger partial charge in [-0.05, 0) is 25.5 Å². The molecule has 1 atom stereocenters. The predicted molar refractivity (Wildman–Crippen MR) is 128 cm³/mol. The molecule has 0 aliphatic carbocycles. The second-order valence-corrected chi connectivity index (χ2v) is 8.00. The fraction of sp³-hybridized carbons (Fsp3) is 0.240. The molecule has 0 aromatic heterocycles. The molecule has 1 aliphatic rings. The lowest BCUT2D eigenvalue weighted by atomic mass is 9.79. The lowest BCUT2D eigenvalue weighted by molar-refractivity contribution is -0.394. The van der Waals surface area contributed by atoms with Gasteiger partial charge in [-0.2, -0.15) is 5.26 Å². The van der Waals surface area contributed by atoms with Crippen LogP contribution >= 0.6 is 0 Å². The van der Waals surface area contributed by atoms with Crippen LogP contribution in [-0.2, 0) is 25.7 Å². The average Bonchev–Trinajstić information content (AvgIpc) is 2.87. The number of nitro benzene ring substituents is 2. The van der Waals surface area contributed by atoms with Crippen molar-refractivity contribution in [2.75, 3.05) is 6.61 Å². The van der Waals surface area contributed by atoms with E-state index in [2.05, 4.69) is 5.32 Å². The summed E-state index contributed by atoms with van der Waals surface area (Å²) in [6.45, 7) is 2.74. The summed E-state index contributed by atoms with van der Waals surface area (Å²) >= 11 is 0. The van der Waals surface area contributed by atoms with E-state index < -0.39 is 39.1 Å². The van der Waals surface area contributed by atoms with Crippen molar-refractivity contribution in [3.63, 3.8) is 0 Å². The van der Waals surface area contributed by atoms with Crippen LogP contribution in [0.1, 0.15) is 37.3 Å². The number of nitriles is 1. The molecule has 0 amide bonds. The van der Waals surface area contributed by atoms with Crippen molar-refractivity contribution in [1.82, 2.24) is 5.32 Å². The highest BCUT2D eigenvalue weighted by Gasteiger charge is 2.41. The van der Waals surface area contributed by atoms with Gasteiger partial charge in [0.1, 0.15) is 13.2 Å². The third-order valence-electron chi connectivity index (χ3n) is 5.59. The normalized spacial score (nSPS) is 14.9. The zero-order chi connectivity index (χ0) is 27.1. The topological polar surface area (TPSA) is 175 Å². The lowest BCUT2D eigenvalue weighted by Gasteiger charge is -2.30. The number of hydrogen-bond acceptors (Lipinski definition) is 10. The van der Waals surface area contributed by atoms with Gasteiger partial charge in [0, 0.05) is 23.0 Å². The number of esters is 2. The fourth-order valence-electron chi connectivity index (χ4n) is 3.96. The number of dihydropyridines is 1. The van der Waals surface area contributed by atoms with E-state index in [0.29, 0.717) is 5.56 Å². The highest BCUT2D eigenvalue weighted by molar-refractivity contribution is 6.00. The van der Waals surface area contributed by atoms with Crippen LogP contribution in [-0.4, -0.2) is 28.4 Å². The third kappa shape index (κ3) is 5.96. The zero-order valence-electron chi connectivity index (χ0n) is 19.9. The van der Waals surface area contributed by atoms with Gasteiger partial charge in [-0.25, -0.2) is 9.59 Å². The first-order valence-corrected chi connectivity index (χ1v) is 11.0. The molecule has 2 aromatic rings. The van der Waals surface area contributed by atoms with Gasteiger partial charge in [-0.1, -0.05) is 30.3 Å². The van der Waals surface area contributed by atoms with E-state index in [0.717, 1.165) is 18.2 Å². The summed E-state index contributed by atoms with van der Waals surface area (Å²) in [5.74, 6) is -3.08. The molecular weight excluding hydrogens is 484 g/mol. The average molecular weight is 506 g/mol. The Balaban J connectivity index is 2.14. The number of nitro groups is 2. The maximum Gasteiger partial charge on any atom is 0.337 e. The highest BCUT2D eigenvalue weighted by Crippen LogP contribution is 2.43. The van der Waals surface area contributed by atoms with E-state index in [4.69, 9.17) is 14.7 Å². The number of carbonyl (C=O) groups is 2. The van der Waals surface area contributed by atoms with Gasteiger partial charge in [0.2, 0.25) is 0 Å². The molecule has 0 bridgehead atoms. The smallest absolute Gasteiger partial charge is 0.337 e. The largest absolute Gasteiger partial charge is 0.461 e. The Kier molecular flexibility index (Phi) is 8.31.